The summed E-state index contributed by atoms with van der Waals surface area (Å²) in [4.78, 5) is 43.6. The van der Waals surface area contributed by atoms with Gasteiger partial charge in [-0.25, -0.2) is 13.9 Å². The molecule has 232 valence electrons. The van der Waals surface area contributed by atoms with Gasteiger partial charge in [0.25, 0.3) is 11.8 Å². The van der Waals surface area contributed by atoms with Crippen LogP contribution in [0.1, 0.15) is 77.8 Å². The lowest BCUT2D eigenvalue weighted by Crippen LogP contribution is -2.60. The van der Waals surface area contributed by atoms with Crippen LogP contribution in [0.4, 0.5) is 4.39 Å². The molecule has 4 heterocycles. The number of hydrogen-bond donors (Lipinski definition) is 3. The molecule has 3 atom stereocenters. The van der Waals surface area contributed by atoms with Gasteiger partial charge in [-0.2, -0.15) is 5.10 Å². The Bertz CT molecular complexity index is 1890. The van der Waals surface area contributed by atoms with Crippen LogP contribution in [-0.2, 0) is 17.9 Å². The molecule has 13 nitrogen and oxygen atoms in total. The number of nitrogens with one attached hydrogen (secondary N) is 2. The predicted octanol–water partition coefficient (Wildman–Crippen LogP) is 3.06. The molecule has 1 spiro atoms. The number of aromatic nitrogens is 6. The average molecular weight is 615 g/mol. The molecule has 3 N–H and O–H groups in total. The molecule has 1 aliphatic heterocycles. The van der Waals surface area contributed by atoms with Crippen molar-refractivity contribution < 1.29 is 28.6 Å². The van der Waals surface area contributed by atoms with Gasteiger partial charge >= 0.3 is 5.97 Å². The van der Waals surface area contributed by atoms with Gasteiger partial charge in [-0.3, -0.25) is 19.0 Å². The van der Waals surface area contributed by atoms with E-state index in [0.29, 0.717) is 31.0 Å². The van der Waals surface area contributed by atoms with E-state index in [1.54, 1.807) is 6.33 Å². The van der Waals surface area contributed by atoms with Crippen molar-refractivity contribution in [3.8, 4) is 11.4 Å². The zero-order valence-corrected chi connectivity index (χ0v) is 24.5. The van der Waals surface area contributed by atoms with E-state index in [1.165, 1.54) is 6.07 Å². The van der Waals surface area contributed by atoms with Crippen LogP contribution in [-0.4, -0.2) is 58.3 Å². The molecule has 0 radical (unpaired) electrons. The Labute approximate surface area is 256 Å². The first-order valence-electron chi connectivity index (χ1n) is 15.2. The number of fused-ring (bicyclic) bond motifs is 6. The standard InChI is InChI=1S/C31H31FN8O5/c1-16-18-3-5-24(31(18)8-6-30(16,7-9-31)29(43)44)37-28(42)22-11-20(36-26-19(32)13-35-40(22)26)27(41)33-12-17-2-4-23-21(10-17)39-15-34-38-25(39)14-45-23/h2,4,10-11,13,15-16,18,24H,3,5-9,12,14H2,1H3,(H,33,41)(H,37,42)(H,43,44)/t16?,18?,24-,30?,31?/m0/s1. The number of halogens is 1. The Balaban J connectivity index is 1.03. The van der Waals surface area contributed by atoms with Crippen LogP contribution in [0.5, 0.6) is 5.75 Å². The molecule has 9 rings (SSSR count). The normalized spacial score (nSPS) is 27.7. The van der Waals surface area contributed by atoms with Crippen LogP contribution in [0.15, 0.2) is 36.8 Å². The molecule has 4 saturated carbocycles. The molecule has 2 unspecified atom stereocenters. The third kappa shape index (κ3) is 4.00. The number of aliphatic carboxylic acids is 1. The van der Waals surface area contributed by atoms with Crippen LogP contribution in [0, 0.1) is 28.5 Å². The van der Waals surface area contributed by atoms with Crippen molar-refractivity contribution in [3.05, 3.63) is 65.4 Å². The number of nitrogens with zero attached hydrogens (tertiary/aromatic N) is 6. The van der Waals surface area contributed by atoms with Crippen molar-refractivity contribution in [1.29, 1.82) is 0 Å². The quantitative estimate of drug-likeness (QED) is 0.296. The molecule has 14 heteroatoms. The second kappa shape index (κ2) is 9.81. The summed E-state index contributed by atoms with van der Waals surface area (Å²) in [5.41, 5.74) is 0.312. The van der Waals surface area contributed by atoms with Gasteiger partial charge in [-0.1, -0.05) is 13.0 Å². The number of rotatable bonds is 6. The lowest BCUT2D eigenvalue weighted by atomic mass is 9.45. The SMILES string of the molecule is CC1C2CC[C@H](NC(=O)c3cc(C(=O)NCc4ccc5c(c4)-n4cnnc4CO5)nc4c(F)cnn34)C23CCC1(C(=O)O)CC3. The van der Waals surface area contributed by atoms with Crippen LogP contribution in [0.2, 0.25) is 0 Å². The van der Waals surface area contributed by atoms with Gasteiger partial charge in [0.2, 0.25) is 0 Å². The van der Waals surface area contributed by atoms with Crippen LogP contribution in [0.3, 0.4) is 0 Å². The average Bonchev–Trinajstić information content (AvgIpc) is 3.78. The van der Waals surface area contributed by atoms with Crippen LogP contribution >= 0.6 is 0 Å². The zero-order chi connectivity index (χ0) is 31.1. The van der Waals surface area contributed by atoms with Gasteiger partial charge in [-0.15, -0.1) is 10.2 Å². The maximum atomic E-state index is 14.7. The van der Waals surface area contributed by atoms with Crippen LogP contribution < -0.4 is 15.4 Å². The molecule has 3 aromatic heterocycles. The fraction of sp³-hybridized carbons (Fsp3) is 0.452. The minimum absolute atomic E-state index is 0.000447. The van der Waals surface area contributed by atoms with Gasteiger partial charge in [0.15, 0.2) is 17.3 Å². The van der Waals surface area contributed by atoms with Gasteiger partial charge in [-0.05, 0) is 73.5 Å². The molecule has 5 aliphatic rings. The van der Waals surface area contributed by atoms with Crippen molar-refractivity contribution in [2.75, 3.05) is 0 Å². The number of carbonyl (C=O) groups is 3. The number of carboxylic acids is 1. The summed E-state index contributed by atoms with van der Waals surface area (Å²) in [6.45, 7) is 2.50. The Morgan fingerprint density at radius 2 is 1.96 bits per heavy atom. The topological polar surface area (TPSA) is 166 Å². The van der Waals surface area contributed by atoms with E-state index in [0.717, 1.165) is 47.6 Å². The first-order valence-corrected chi connectivity index (χ1v) is 15.2. The number of benzene rings is 1. The fourth-order valence-corrected chi connectivity index (χ4v) is 8.68. The predicted molar refractivity (Wildman–Crippen MR) is 154 cm³/mol. The highest BCUT2D eigenvalue weighted by atomic mass is 19.1. The van der Waals surface area contributed by atoms with Crippen molar-refractivity contribution in [3.63, 3.8) is 0 Å². The zero-order valence-electron chi connectivity index (χ0n) is 24.5. The highest BCUT2D eigenvalue weighted by Gasteiger charge is 2.66. The van der Waals surface area contributed by atoms with E-state index in [2.05, 4.69) is 30.9 Å². The van der Waals surface area contributed by atoms with E-state index in [4.69, 9.17) is 4.74 Å². The van der Waals surface area contributed by atoms with E-state index < -0.39 is 29.0 Å². The Morgan fingerprint density at radius 3 is 2.76 bits per heavy atom. The van der Waals surface area contributed by atoms with Crippen LogP contribution in [0.25, 0.3) is 11.3 Å². The number of carbonyl (C=O) groups excluding carboxylic acids is 2. The summed E-state index contributed by atoms with van der Waals surface area (Å²) in [5, 5.41) is 28.1. The largest absolute Gasteiger partial charge is 0.483 e. The molecule has 4 aliphatic carbocycles. The van der Waals surface area contributed by atoms with Gasteiger partial charge in [0.1, 0.15) is 30.1 Å². The molecule has 4 fully saturated rings. The summed E-state index contributed by atoms with van der Waals surface area (Å²) in [6.07, 6.45) is 6.80. The van der Waals surface area contributed by atoms with Gasteiger partial charge < -0.3 is 20.5 Å². The number of carboxylic acid groups (broad SMARTS) is 1. The monoisotopic (exact) mass is 614 g/mol. The van der Waals surface area contributed by atoms with Crippen molar-refractivity contribution in [1.82, 2.24) is 40.0 Å². The van der Waals surface area contributed by atoms with Gasteiger partial charge in [0.05, 0.1) is 17.3 Å². The lowest BCUT2D eigenvalue weighted by molar-refractivity contribution is -0.175. The molecule has 2 bridgehead atoms. The number of ether oxygens (including phenoxy) is 1. The number of amides is 2. The Kier molecular flexibility index (Phi) is 6.03. The van der Waals surface area contributed by atoms with Crippen molar-refractivity contribution >= 4 is 23.4 Å². The van der Waals surface area contributed by atoms with Gasteiger partial charge in [0, 0.05) is 18.7 Å². The minimum atomic E-state index is -0.754. The molecule has 4 aromatic rings. The third-order valence-electron chi connectivity index (χ3n) is 11.1. The van der Waals surface area contributed by atoms with E-state index in [9.17, 15) is 23.9 Å². The molecular formula is C31H31FN8O5. The Morgan fingerprint density at radius 1 is 1.13 bits per heavy atom. The molecule has 2 amide bonds. The molecular weight excluding hydrogens is 583 g/mol. The minimum Gasteiger partial charge on any atom is -0.483 e. The molecule has 0 saturated heterocycles. The molecule has 45 heavy (non-hydrogen) atoms. The summed E-state index contributed by atoms with van der Waals surface area (Å²) < 4.78 is 23.4. The summed E-state index contributed by atoms with van der Waals surface area (Å²) in [7, 11) is 0. The maximum absolute atomic E-state index is 14.7. The van der Waals surface area contributed by atoms with Crippen molar-refractivity contribution in [2.24, 2.45) is 22.7 Å². The first-order chi connectivity index (χ1) is 21.7. The summed E-state index contributed by atoms with van der Waals surface area (Å²) in [5.74, 6) is -0.976. The van der Waals surface area contributed by atoms with Crippen molar-refractivity contribution in [2.45, 2.75) is 64.6 Å². The molecule has 1 aromatic carbocycles. The van der Waals surface area contributed by atoms with E-state index in [-0.39, 0.29) is 46.9 Å². The second-order valence-electron chi connectivity index (χ2n) is 12.8. The summed E-state index contributed by atoms with van der Waals surface area (Å²) >= 11 is 0. The van der Waals surface area contributed by atoms with E-state index >= 15 is 0 Å². The fourth-order valence-electron chi connectivity index (χ4n) is 8.68. The number of hydrogen-bond acceptors (Lipinski definition) is 8. The second-order valence-corrected chi connectivity index (χ2v) is 12.8. The van der Waals surface area contributed by atoms with E-state index in [1.807, 2.05) is 29.7 Å². The third-order valence-corrected chi connectivity index (χ3v) is 11.1. The highest BCUT2D eigenvalue weighted by molar-refractivity contribution is 5.98. The Hall–Kier alpha value is -4.88. The lowest BCUT2D eigenvalue weighted by Gasteiger charge is -2.59. The maximum Gasteiger partial charge on any atom is 0.309 e. The smallest absolute Gasteiger partial charge is 0.309 e. The summed E-state index contributed by atoms with van der Waals surface area (Å²) in [6, 6.07) is 6.66. The first kappa shape index (κ1) is 27.7. The highest BCUT2D eigenvalue weighted by Crippen LogP contribution is 2.68.